The average molecular weight is 703 g/mol. The standard InChI is InChI=1S/C42H74O6Si/c1-9-17-36(47-39-21-11-14-24-44-39)27-32(20-16-18-31(2)3)41-37-28-34(26-35(37)29-38(41)48-40-22-12-15-25-45-40)33(19-10-13-23-43)30-46-49(7,8)42(4,5)6/h9,17-18,28,32-33,35-41,43H,10-16,19-27,29-30H2,1-8H3. The summed E-state index contributed by atoms with van der Waals surface area (Å²) in [7, 11) is -1.88. The minimum absolute atomic E-state index is 0.0319. The summed E-state index contributed by atoms with van der Waals surface area (Å²) in [5.74, 6) is 2.37. The van der Waals surface area contributed by atoms with E-state index in [-0.39, 0.29) is 36.4 Å². The fourth-order valence-corrected chi connectivity index (χ4v) is 9.55. The molecule has 7 heteroatoms. The van der Waals surface area contributed by atoms with Gasteiger partial charge in [-0.2, -0.15) is 0 Å². The zero-order chi connectivity index (χ0) is 35.4. The van der Waals surface area contributed by atoms with Crippen LogP contribution in [0, 0.1) is 29.6 Å². The first-order valence-corrected chi connectivity index (χ1v) is 23.1. The van der Waals surface area contributed by atoms with Crippen LogP contribution in [0.5, 0.6) is 0 Å². The number of rotatable bonds is 19. The van der Waals surface area contributed by atoms with Crippen LogP contribution in [0.3, 0.4) is 0 Å². The molecule has 9 atom stereocenters. The molecule has 3 fully saturated rings. The number of hydrogen-bond acceptors (Lipinski definition) is 6. The van der Waals surface area contributed by atoms with Gasteiger partial charge < -0.3 is 28.5 Å². The van der Waals surface area contributed by atoms with Crippen LogP contribution in [0.1, 0.15) is 131 Å². The topological polar surface area (TPSA) is 66.4 Å². The minimum Gasteiger partial charge on any atom is -0.416 e. The Balaban J connectivity index is 1.63. The molecule has 4 rings (SSSR count). The molecule has 0 aromatic rings. The molecule has 282 valence electrons. The van der Waals surface area contributed by atoms with E-state index in [4.69, 9.17) is 23.4 Å². The number of aliphatic hydroxyl groups excluding tert-OH is 1. The van der Waals surface area contributed by atoms with Gasteiger partial charge in [0.25, 0.3) is 0 Å². The van der Waals surface area contributed by atoms with Gasteiger partial charge in [0, 0.05) is 32.3 Å². The van der Waals surface area contributed by atoms with Gasteiger partial charge in [0.15, 0.2) is 20.9 Å². The molecule has 0 aromatic heterocycles. The molecule has 6 nitrogen and oxygen atoms in total. The minimum atomic E-state index is -1.88. The number of ether oxygens (including phenoxy) is 4. The predicted octanol–water partition coefficient (Wildman–Crippen LogP) is 10.5. The van der Waals surface area contributed by atoms with E-state index < -0.39 is 8.32 Å². The van der Waals surface area contributed by atoms with E-state index in [9.17, 15) is 5.11 Å². The average Bonchev–Trinajstić information content (AvgIpc) is 3.60. The Morgan fingerprint density at radius 2 is 1.73 bits per heavy atom. The molecule has 2 heterocycles. The van der Waals surface area contributed by atoms with Crippen molar-refractivity contribution in [1.82, 2.24) is 0 Å². The van der Waals surface area contributed by atoms with Gasteiger partial charge in [-0.1, -0.05) is 62.6 Å². The third-order valence-corrected chi connectivity index (χ3v) is 16.8. The maximum absolute atomic E-state index is 9.63. The Hall–Kier alpha value is -0.803. The van der Waals surface area contributed by atoms with Gasteiger partial charge in [0.05, 0.1) is 12.2 Å². The van der Waals surface area contributed by atoms with Crippen molar-refractivity contribution in [2.75, 3.05) is 26.4 Å². The quantitative estimate of drug-likeness (QED) is 0.0821. The van der Waals surface area contributed by atoms with Crippen molar-refractivity contribution in [3.8, 4) is 0 Å². The zero-order valence-electron chi connectivity index (χ0n) is 32.7. The van der Waals surface area contributed by atoms with Crippen LogP contribution < -0.4 is 0 Å². The Labute approximate surface area is 301 Å². The highest BCUT2D eigenvalue weighted by atomic mass is 28.4. The maximum Gasteiger partial charge on any atom is 0.192 e. The van der Waals surface area contributed by atoms with Gasteiger partial charge in [0.2, 0.25) is 0 Å². The van der Waals surface area contributed by atoms with Gasteiger partial charge in [0.1, 0.15) is 0 Å². The number of unbranched alkanes of at least 4 members (excludes halogenated alkanes) is 1. The molecule has 2 aliphatic carbocycles. The summed E-state index contributed by atoms with van der Waals surface area (Å²) in [6, 6.07) is 0. The lowest BCUT2D eigenvalue weighted by Gasteiger charge is -2.38. The summed E-state index contributed by atoms with van der Waals surface area (Å²) in [4.78, 5) is 0. The Morgan fingerprint density at radius 3 is 2.35 bits per heavy atom. The molecule has 4 aliphatic rings. The summed E-state index contributed by atoms with van der Waals surface area (Å²) < 4.78 is 32.9. The molecule has 49 heavy (non-hydrogen) atoms. The summed E-state index contributed by atoms with van der Waals surface area (Å²) in [6.07, 6.45) is 24.6. The lowest BCUT2D eigenvalue weighted by Crippen LogP contribution is -2.42. The molecule has 1 N–H and O–H groups in total. The van der Waals surface area contributed by atoms with E-state index in [0.29, 0.717) is 29.6 Å². The highest BCUT2D eigenvalue weighted by Crippen LogP contribution is 2.54. The van der Waals surface area contributed by atoms with Crippen molar-refractivity contribution < 1.29 is 28.5 Å². The largest absolute Gasteiger partial charge is 0.416 e. The monoisotopic (exact) mass is 703 g/mol. The van der Waals surface area contributed by atoms with Crippen molar-refractivity contribution >= 4 is 8.32 Å². The molecule has 0 bridgehead atoms. The number of fused-ring (bicyclic) bond motifs is 1. The van der Waals surface area contributed by atoms with Crippen LogP contribution in [0.4, 0.5) is 0 Å². The van der Waals surface area contributed by atoms with E-state index in [1.807, 2.05) is 0 Å². The highest BCUT2D eigenvalue weighted by molar-refractivity contribution is 6.74. The van der Waals surface area contributed by atoms with Crippen molar-refractivity contribution in [3.05, 3.63) is 35.5 Å². The predicted molar refractivity (Wildman–Crippen MR) is 204 cm³/mol. The first-order chi connectivity index (χ1) is 23.4. The molecule has 0 amide bonds. The summed E-state index contributed by atoms with van der Waals surface area (Å²) in [5.41, 5.74) is 2.99. The van der Waals surface area contributed by atoms with Crippen LogP contribution in [-0.2, 0) is 23.4 Å². The fourth-order valence-electron chi connectivity index (χ4n) is 8.50. The van der Waals surface area contributed by atoms with Gasteiger partial charge in [-0.05, 0) is 146 Å². The second-order valence-corrected chi connectivity index (χ2v) is 22.2. The third kappa shape index (κ3) is 12.4. The van der Waals surface area contributed by atoms with Crippen molar-refractivity contribution in [3.63, 3.8) is 0 Å². The smallest absolute Gasteiger partial charge is 0.192 e. The van der Waals surface area contributed by atoms with Crippen LogP contribution >= 0.6 is 0 Å². The molecular formula is C42H74O6Si. The summed E-state index contributed by atoms with van der Waals surface area (Å²) in [6.45, 7) is 21.0. The first kappa shape index (κ1) is 41.0. The van der Waals surface area contributed by atoms with Crippen LogP contribution in [-0.4, -0.2) is 64.6 Å². The Kier molecular flexibility index (Phi) is 16.6. The van der Waals surface area contributed by atoms with Gasteiger partial charge in [-0.25, -0.2) is 0 Å². The second kappa shape index (κ2) is 19.9. The van der Waals surface area contributed by atoms with Gasteiger partial charge in [-0.3, -0.25) is 0 Å². The zero-order valence-corrected chi connectivity index (χ0v) is 33.7. The fraction of sp³-hybridized carbons (Fsp3) is 0.857. The number of allylic oxidation sites excluding steroid dienone is 4. The summed E-state index contributed by atoms with van der Waals surface area (Å²) in [5, 5.41) is 9.82. The molecule has 2 aliphatic heterocycles. The second-order valence-electron chi connectivity index (χ2n) is 17.4. The van der Waals surface area contributed by atoms with E-state index in [2.05, 4.69) is 78.9 Å². The van der Waals surface area contributed by atoms with E-state index in [1.165, 1.54) is 18.4 Å². The van der Waals surface area contributed by atoms with Crippen LogP contribution in [0.15, 0.2) is 35.5 Å². The highest BCUT2D eigenvalue weighted by Gasteiger charge is 2.50. The Morgan fingerprint density at radius 1 is 1.02 bits per heavy atom. The Bertz CT molecular complexity index is 1050. The van der Waals surface area contributed by atoms with Crippen molar-refractivity contribution in [2.24, 2.45) is 29.6 Å². The summed E-state index contributed by atoms with van der Waals surface area (Å²) >= 11 is 0. The van der Waals surface area contributed by atoms with Crippen LogP contribution in [0.2, 0.25) is 18.1 Å². The number of hydrogen-bond donors (Lipinski definition) is 1. The maximum atomic E-state index is 9.63. The van der Waals surface area contributed by atoms with E-state index in [0.717, 1.165) is 96.9 Å². The van der Waals surface area contributed by atoms with Crippen LogP contribution in [0.25, 0.3) is 0 Å². The molecular weight excluding hydrogens is 629 g/mol. The lowest BCUT2D eigenvalue weighted by molar-refractivity contribution is -0.202. The molecule has 2 saturated heterocycles. The molecule has 0 aromatic carbocycles. The number of aliphatic hydroxyl groups is 1. The lowest BCUT2D eigenvalue weighted by atomic mass is 9.76. The van der Waals surface area contributed by atoms with E-state index in [1.54, 1.807) is 5.57 Å². The molecule has 0 spiro atoms. The first-order valence-electron chi connectivity index (χ1n) is 20.2. The molecule has 9 unspecified atom stereocenters. The van der Waals surface area contributed by atoms with E-state index >= 15 is 0 Å². The van der Waals surface area contributed by atoms with Crippen molar-refractivity contribution in [2.45, 2.75) is 174 Å². The third-order valence-electron chi connectivity index (χ3n) is 12.3. The normalized spacial score (nSPS) is 29.9. The van der Waals surface area contributed by atoms with Gasteiger partial charge in [-0.15, -0.1) is 0 Å². The van der Waals surface area contributed by atoms with Gasteiger partial charge >= 0.3 is 0 Å². The van der Waals surface area contributed by atoms with Crippen molar-refractivity contribution in [1.29, 1.82) is 0 Å². The molecule has 0 radical (unpaired) electrons. The molecule has 1 saturated carbocycles. The SMILES string of the molecule is CC=CC(CC(CCC=C(C)C)C1C(OC2CCCCO2)CC2CC(C(CCCCO)CO[Si](C)(C)C(C)(C)C)=CC21)OC1CCCCO1.